The first-order valence-corrected chi connectivity index (χ1v) is 14.5. The molecular formula is C23H46O3Si. The summed E-state index contributed by atoms with van der Waals surface area (Å²) in [4.78, 5) is 11.2. The van der Waals surface area contributed by atoms with E-state index < -0.39 is 8.32 Å². The number of carbonyl (C=O) groups excluding carboxylic acids is 1. The molecule has 0 heterocycles. The van der Waals surface area contributed by atoms with E-state index in [1.165, 1.54) is 76.7 Å². The van der Waals surface area contributed by atoms with Crippen molar-refractivity contribution < 1.29 is 14.0 Å². The van der Waals surface area contributed by atoms with E-state index in [2.05, 4.69) is 26.6 Å². The Morgan fingerprint density at radius 2 is 1.26 bits per heavy atom. The fourth-order valence-corrected chi connectivity index (χ4v) is 5.07. The zero-order valence-corrected chi connectivity index (χ0v) is 19.7. The van der Waals surface area contributed by atoms with Gasteiger partial charge in [0.25, 0.3) is 0 Å². The highest BCUT2D eigenvalue weighted by Crippen LogP contribution is 2.18. The van der Waals surface area contributed by atoms with Crippen LogP contribution in [-0.2, 0) is 14.0 Å². The van der Waals surface area contributed by atoms with E-state index in [0.717, 1.165) is 19.4 Å². The highest BCUT2D eigenvalue weighted by Gasteiger charge is 2.21. The van der Waals surface area contributed by atoms with Crippen molar-refractivity contribution in [2.45, 2.75) is 116 Å². The third-order valence-electron chi connectivity index (χ3n) is 5.00. The number of hydrogen-bond acceptors (Lipinski definition) is 3. The molecule has 3 nitrogen and oxygen atoms in total. The Kier molecular flexibility index (Phi) is 17.1. The van der Waals surface area contributed by atoms with Crippen LogP contribution in [0.5, 0.6) is 0 Å². The fraction of sp³-hybridized carbons (Fsp3) is 0.870. The second-order valence-electron chi connectivity index (χ2n) is 8.52. The smallest absolute Gasteiger partial charge is 0.333 e. The molecule has 0 spiro atoms. The normalized spacial score (nSPS) is 11.6. The molecule has 0 saturated heterocycles. The number of rotatable bonds is 19. The summed E-state index contributed by atoms with van der Waals surface area (Å²) in [6.07, 6.45) is 16.6. The molecule has 4 heteroatoms. The quantitative estimate of drug-likeness (QED) is 0.0982. The Bertz CT molecular complexity index is 380. The Morgan fingerprint density at radius 1 is 0.778 bits per heavy atom. The van der Waals surface area contributed by atoms with Crippen LogP contribution in [0.3, 0.4) is 0 Å². The lowest BCUT2D eigenvalue weighted by Crippen LogP contribution is -2.30. The third-order valence-corrected chi connectivity index (χ3v) is 7.54. The topological polar surface area (TPSA) is 35.5 Å². The molecule has 0 N–H and O–H groups in total. The van der Waals surface area contributed by atoms with Crippen LogP contribution in [0.1, 0.15) is 97.3 Å². The summed E-state index contributed by atoms with van der Waals surface area (Å²) in [5.41, 5.74) is 0.486. The van der Waals surface area contributed by atoms with E-state index >= 15 is 0 Å². The number of esters is 1. The second-order valence-corrected chi connectivity index (χ2v) is 12.8. The molecule has 27 heavy (non-hydrogen) atoms. The molecule has 0 aromatic rings. The maximum Gasteiger partial charge on any atom is 0.333 e. The van der Waals surface area contributed by atoms with Gasteiger partial charge in [-0.1, -0.05) is 84.1 Å². The number of hydrogen-bond donors (Lipinski definition) is 0. The van der Waals surface area contributed by atoms with Crippen LogP contribution in [0.4, 0.5) is 0 Å². The van der Waals surface area contributed by atoms with Gasteiger partial charge in [-0.2, -0.15) is 0 Å². The molecule has 0 fully saturated rings. The van der Waals surface area contributed by atoms with Gasteiger partial charge >= 0.3 is 5.97 Å². The summed E-state index contributed by atoms with van der Waals surface area (Å²) in [6.45, 7) is 13.8. The number of carbonyl (C=O) groups is 1. The molecule has 0 amide bonds. The molecule has 0 aliphatic carbocycles. The van der Waals surface area contributed by atoms with Gasteiger partial charge in [0.05, 0.1) is 6.61 Å². The van der Waals surface area contributed by atoms with Crippen molar-refractivity contribution in [3.05, 3.63) is 12.2 Å². The highest BCUT2D eigenvalue weighted by atomic mass is 28.4. The largest absolute Gasteiger partial charge is 0.462 e. The average molecular weight is 399 g/mol. The lowest BCUT2D eigenvalue weighted by molar-refractivity contribution is -0.139. The summed E-state index contributed by atoms with van der Waals surface area (Å²) in [5, 5.41) is 0. The summed E-state index contributed by atoms with van der Waals surface area (Å²) in [6, 6.07) is 1.31. The minimum atomic E-state index is -1.41. The number of ether oxygens (including phenoxy) is 1. The summed E-state index contributed by atoms with van der Waals surface area (Å²) < 4.78 is 11.3. The molecule has 0 aliphatic rings. The molecule has 0 radical (unpaired) electrons. The molecular weight excluding hydrogens is 352 g/mol. The van der Waals surface area contributed by atoms with Gasteiger partial charge in [-0.15, -0.1) is 0 Å². The zero-order chi connectivity index (χ0) is 20.4. The van der Waals surface area contributed by atoms with Gasteiger partial charge in [0.2, 0.25) is 0 Å². The van der Waals surface area contributed by atoms with Crippen LogP contribution < -0.4 is 0 Å². The Morgan fingerprint density at radius 3 is 1.81 bits per heavy atom. The van der Waals surface area contributed by atoms with E-state index in [4.69, 9.17) is 9.16 Å². The first-order chi connectivity index (χ1) is 12.9. The van der Waals surface area contributed by atoms with Crippen molar-refractivity contribution in [1.29, 1.82) is 0 Å². The van der Waals surface area contributed by atoms with E-state index in [1.54, 1.807) is 6.92 Å². The second kappa shape index (κ2) is 17.5. The van der Waals surface area contributed by atoms with Crippen LogP contribution >= 0.6 is 0 Å². The predicted octanol–water partition coefficient (Wildman–Crippen LogP) is 7.42. The van der Waals surface area contributed by atoms with Crippen molar-refractivity contribution >= 4 is 14.3 Å². The Balaban J connectivity index is 3.34. The van der Waals surface area contributed by atoms with Crippen LogP contribution in [0.2, 0.25) is 19.1 Å². The maximum absolute atomic E-state index is 11.2. The molecule has 0 atom stereocenters. The SMILES string of the molecule is C=C(C)C(=O)OCCCCCCCCCCC[Si](C)(C)OCCCCCC. The van der Waals surface area contributed by atoms with E-state index in [-0.39, 0.29) is 5.97 Å². The van der Waals surface area contributed by atoms with Gasteiger partial charge in [-0.25, -0.2) is 4.79 Å². The molecule has 0 aromatic carbocycles. The van der Waals surface area contributed by atoms with E-state index in [0.29, 0.717) is 12.2 Å². The highest BCUT2D eigenvalue weighted by molar-refractivity contribution is 6.71. The van der Waals surface area contributed by atoms with Gasteiger partial charge in [0.1, 0.15) is 0 Å². The lowest BCUT2D eigenvalue weighted by atomic mass is 10.1. The first kappa shape index (κ1) is 26.4. The molecule has 160 valence electrons. The number of unbranched alkanes of at least 4 members (excludes halogenated alkanes) is 11. The van der Waals surface area contributed by atoms with Gasteiger partial charge in [-0.3, -0.25) is 0 Å². The maximum atomic E-state index is 11.2. The van der Waals surface area contributed by atoms with E-state index in [9.17, 15) is 4.79 Å². The van der Waals surface area contributed by atoms with Crippen molar-refractivity contribution in [2.24, 2.45) is 0 Å². The standard InChI is InChI=1S/C23H46O3Si/c1-6-7-8-17-20-26-27(4,5)21-18-15-13-11-9-10-12-14-16-19-25-23(24)22(2)3/h2,6-21H2,1,3-5H3. The van der Waals surface area contributed by atoms with Crippen molar-refractivity contribution in [2.75, 3.05) is 13.2 Å². The van der Waals surface area contributed by atoms with Crippen LogP contribution in [-0.4, -0.2) is 27.5 Å². The molecule has 0 bridgehead atoms. The molecule has 0 rings (SSSR count). The lowest BCUT2D eigenvalue weighted by Gasteiger charge is -2.22. The van der Waals surface area contributed by atoms with Crippen molar-refractivity contribution in [3.8, 4) is 0 Å². The Hall–Kier alpha value is -0.613. The van der Waals surface area contributed by atoms with Gasteiger partial charge in [0.15, 0.2) is 8.32 Å². The first-order valence-electron chi connectivity index (χ1n) is 11.4. The average Bonchev–Trinajstić information content (AvgIpc) is 2.62. The zero-order valence-electron chi connectivity index (χ0n) is 18.7. The summed E-state index contributed by atoms with van der Waals surface area (Å²) in [7, 11) is -1.41. The van der Waals surface area contributed by atoms with Crippen LogP contribution in [0.15, 0.2) is 12.2 Å². The van der Waals surface area contributed by atoms with Gasteiger partial charge < -0.3 is 9.16 Å². The Labute approximate surface area is 170 Å². The molecule has 0 aromatic heterocycles. The monoisotopic (exact) mass is 398 g/mol. The summed E-state index contributed by atoms with van der Waals surface area (Å²) in [5.74, 6) is -0.261. The third kappa shape index (κ3) is 18.5. The van der Waals surface area contributed by atoms with Crippen LogP contribution in [0, 0.1) is 0 Å². The van der Waals surface area contributed by atoms with Gasteiger partial charge in [0, 0.05) is 12.2 Å². The van der Waals surface area contributed by atoms with E-state index in [1.807, 2.05) is 0 Å². The molecule has 0 aliphatic heterocycles. The summed E-state index contributed by atoms with van der Waals surface area (Å²) >= 11 is 0. The molecule has 0 unspecified atom stereocenters. The predicted molar refractivity (Wildman–Crippen MR) is 120 cm³/mol. The molecule has 0 saturated carbocycles. The van der Waals surface area contributed by atoms with Gasteiger partial charge in [-0.05, 0) is 38.9 Å². The van der Waals surface area contributed by atoms with Crippen LogP contribution in [0.25, 0.3) is 0 Å². The minimum Gasteiger partial charge on any atom is -0.462 e. The van der Waals surface area contributed by atoms with Crippen molar-refractivity contribution in [1.82, 2.24) is 0 Å². The van der Waals surface area contributed by atoms with Crippen molar-refractivity contribution in [3.63, 3.8) is 0 Å². The fourth-order valence-electron chi connectivity index (χ4n) is 3.13. The minimum absolute atomic E-state index is 0.261.